The molecule has 4 aromatic rings. The molecule has 0 saturated carbocycles. The highest BCUT2D eigenvalue weighted by molar-refractivity contribution is 7.18. The Bertz CT molecular complexity index is 1070. The van der Waals surface area contributed by atoms with Gasteiger partial charge >= 0.3 is 0 Å². The molecule has 0 N–H and O–H groups in total. The Kier molecular flexibility index (Phi) is 4.37. The second kappa shape index (κ2) is 7.16. The Morgan fingerprint density at radius 2 is 2.07 bits per heavy atom. The number of carbonyl (C=O) groups is 1. The molecule has 0 aliphatic carbocycles. The number of thiazole rings is 1. The van der Waals surface area contributed by atoms with Gasteiger partial charge in [-0.3, -0.25) is 9.36 Å². The second-order valence-electron chi connectivity index (χ2n) is 6.90. The first-order valence-corrected chi connectivity index (χ1v) is 10.2. The van der Waals surface area contributed by atoms with Crippen LogP contribution in [0.1, 0.15) is 40.7 Å². The van der Waals surface area contributed by atoms with Gasteiger partial charge in [0, 0.05) is 25.1 Å². The van der Waals surface area contributed by atoms with Gasteiger partial charge in [-0.1, -0.05) is 12.1 Å². The van der Waals surface area contributed by atoms with E-state index in [1.807, 2.05) is 46.0 Å². The molecule has 1 aliphatic heterocycles. The molecule has 1 amide bonds. The third kappa shape index (κ3) is 3.07. The molecule has 4 heterocycles. The van der Waals surface area contributed by atoms with Crippen LogP contribution in [0.2, 0.25) is 0 Å². The Morgan fingerprint density at radius 3 is 2.86 bits per heavy atom. The average Bonchev–Trinajstić information content (AvgIpc) is 3.43. The Balaban J connectivity index is 1.43. The number of aromatic nitrogens is 4. The largest absolute Gasteiger partial charge is 0.329 e. The average molecular weight is 389 g/mol. The lowest BCUT2D eigenvalue weighted by molar-refractivity contribution is 0.0611. The minimum absolute atomic E-state index is 0.0219. The minimum Gasteiger partial charge on any atom is -0.329 e. The Labute approximate surface area is 166 Å². The van der Waals surface area contributed by atoms with E-state index in [0.29, 0.717) is 5.56 Å². The zero-order chi connectivity index (χ0) is 18.9. The van der Waals surface area contributed by atoms with Gasteiger partial charge in [0.1, 0.15) is 17.2 Å². The van der Waals surface area contributed by atoms with Gasteiger partial charge in [0.2, 0.25) is 0 Å². The molecule has 1 saturated heterocycles. The molecular formula is C21H19N5OS. The van der Waals surface area contributed by atoms with Crippen molar-refractivity contribution in [1.29, 1.82) is 0 Å². The number of likely N-dealkylation sites (tertiary alicyclic amines) is 1. The fourth-order valence-corrected chi connectivity index (χ4v) is 4.81. The summed E-state index contributed by atoms with van der Waals surface area (Å²) in [6.07, 6.45) is 9.97. The molecule has 140 valence electrons. The van der Waals surface area contributed by atoms with Crippen molar-refractivity contribution < 1.29 is 4.79 Å². The van der Waals surface area contributed by atoms with E-state index in [1.54, 1.807) is 30.1 Å². The van der Waals surface area contributed by atoms with Crippen LogP contribution in [-0.2, 0) is 0 Å². The summed E-state index contributed by atoms with van der Waals surface area (Å²) in [5.41, 5.74) is 1.61. The predicted octanol–water partition coefficient (Wildman–Crippen LogP) is 4.24. The van der Waals surface area contributed by atoms with Gasteiger partial charge in [-0.15, -0.1) is 11.3 Å². The van der Waals surface area contributed by atoms with E-state index in [9.17, 15) is 4.79 Å². The number of nitrogens with zero attached hydrogens (tertiary/aromatic N) is 5. The number of amides is 1. The SMILES string of the molecule is O=C(c1ccc(-n2ccnc2)nc1)N1CCCCC1c1nc2ccccc2s1. The normalized spacial score (nSPS) is 17.1. The van der Waals surface area contributed by atoms with E-state index in [1.165, 1.54) is 4.70 Å². The Morgan fingerprint density at radius 1 is 1.14 bits per heavy atom. The van der Waals surface area contributed by atoms with Gasteiger partial charge < -0.3 is 4.90 Å². The van der Waals surface area contributed by atoms with Crippen LogP contribution in [-0.4, -0.2) is 36.9 Å². The number of piperidine rings is 1. The van der Waals surface area contributed by atoms with Crippen molar-refractivity contribution in [1.82, 2.24) is 24.4 Å². The van der Waals surface area contributed by atoms with Gasteiger partial charge in [0.05, 0.1) is 21.8 Å². The van der Waals surface area contributed by atoms with Crippen LogP contribution in [0.5, 0.6) is 0 Å². The molecule has 28 heavy (non-hydrogen) atoms. The smallest absolute Gasteiger partial charge is 0.256 e. The van der Waals surface area contributed by atoms with Crippen LogP contribution in [0, 0.1) is 0 Å². The summed E-state index contributed by atoms with van der Waals surface area (Å²) in [5, 5.41) is 1.03. The maximum Gasteiger partial charge on any atom is 0.256 e. The lowest BCUT2D eigenvalue weighted by Gasteiger charge is -2.34. The summed E-state index contributed by atoms with van der Waals surface area (Å²) in [7, 11) is 0. The number of pyridine rings is 1. The molecule has 1 atom stereocenters. The number of fused-ring (bicyclic) bond motifs is 1. The number of imidazole rings is 1. The summed E-state index contributed by atoms with van der Waals surface area (Å²) >= 11 is 1.69. The van der Waals surface area contributed by atoms with Gasteiger partial charge in [-0.25, -0.2) is 15.0 Å². The molecule has 1 unspecified atom stereocenters. The minimum atomic E-state index is 0.0219. The standard InChI is InChI=1S/C21H19N5OS/c27-21(15-8-9-19(23-13-15)25-12-10-22-14-25)26-11-4-3-6-17(26)20-24-16-5-1-2-7-18(16)28-20/h1-2,5,7-10,12-14,17H,3-4,6,11H2. The van der Waals surface area contributed by atoms with Crippen molar-refractivity contribution in [2.75, 3.05) is 6.54 Å². The van der Waals surface area contributed by atoms with Crippen molar-refractivity contribution in [3.63, 3.8) is 0 Å². The molecule has 0 spiro atoms. The first-order valence-electron chi connectivity index (χ1n) is 9.40. The lowest BCUT2D eigenvalue weighted by atomic mass is 10.0. The predicted molar refractivity (Wildman–Crippen MR) is 109 cm³/mol. The molecular weight excluding hydrogens is 370 g/mol. The van der Waals surface area contributed by atoms with Crippen LogP contribution in [0.25, 0.3) is 16.0 Å². The molecule has 6 nitrogen and oxygen atoms in total. The number of benzene rings is 1. The molecule has 1 aliphatic rings. The summed E-state index contributed by atoms with van der Waals surface area (Å²) in [6, 6.07) is 11.9. The van der Waals surface area contributed by atoms with E-state index in [-0.39, 0.29) is 11.9 Å². The van der Waals surface area contributed by atoms with Crippen LogP contribution in [0.15, 0.2) is 61.3 Å². The number of hydrogen-bond acceptors (Lipinski definition) is 5. The monoisotopic (exact) mass is 389 g/mol. The fourth-order valence-electron chi connectivity index (χ4n) is 3.69. The number of carbonyl (C=O) groups excluding carboxylic acids is 1. The van der Waals surface area contributed by atoms with E-state index < -0.39 is 0 Å². The molecule has 0 bridgehead atoms. The quantitative estimate of drug-likeness (QED) is 0.526. The molecule has 5 rings (SSSR count). The Hall–Kier alpha value is -3.06. The molecule has 1 fully saturated rings. The number of para-hydroxylation sites is 1. The second-order valence-corrected chi connectivity index (χ2v) is 7.97. The van der Waals surface area contributed by atoms with Crippen molar-refractivity contribution in [3.8, 4) is 5.82 Å². The van der Waals surface area contributed by atoms with Crippen LogP contribution >= 0.6 is 11.3 Å². The van der Waals surface area contributed by atoms with E-state index in [2.05, 4.69) is 16.0 Å². The van der Waals surface area contributed by atoms with Crippen molar-refractivity contribution >= 4 is 27.5 Å². The topological polar surface area (TPSA) is 63.9 Å². The molecule has 0 radical (unpaired) electrons. The zero-order valence-corrected chi connectivity index (χ0v) is 16.0. The number of rotatable bonds is 3. The van der Waals surface area contributed by atoms with E-state index >= 15 is 0 Å². The van der Waals surface area contributed by atoms with E-state index in [4.69, 9.17) is 4.98 Å². The summed E-state index contributed by atoms with van der Waals surface area (Å²) < 4.78 is 2.99. The zero-order valence-electron chi connectivity index (χ0n) is 15.2. The third-order valence-corrected chi connectivity index (χ3v) is 6.26. The highest BCUT2D eigenvalue weighted by Crippen LogP contribution is 2.36. The first kappa shape index (κ1) is 17.1. The highest BCUT2D eigenvalue weighted by atomic mass is 32.1. The van der Waals surface area contributed by atoms with Gasteiger partial charge in [0.25, 0.3) is 5.91 Å². The van der Waals surface area contributed by atoms with Crippen LogP contribution in [0.3, 0.4) is 0 Å². The first-order chi connectivity index (χ1) is 13.8. The fraction of sp³-hybridized carbons (Fsp3) is 0.238. The van der Waals surface area contributed by atoms with Gasteiger partial charge in [-0.2, -0.15) is 0 Å². The summed E-state index contributed by atoms with van der Waals surface area (Å²) in [6.45, 7) is 0.753. The third-order valence-electron chi connectivity index (χ3n) is 5.12. The van der Waals surface area contributed by atoms with Gasteiger partial charge in [0.15, 0.2) is 0 Å². The number of hydrogen-bond donors (Lipinski definition) is 0. The van der Waals surface area contributed by atoms with Crippen molar-refractivity contribution in [2.24, 2.45) is 0 Å². The molecule has 3 aromatic heterocycles. The van der Waals surface area contributed by atoms with Crippen molar-refractivity contribution in [3.05, 3.63) is 71.9 Å². The van der Waals surface area contributed by atoms with Crippen LogP contribution < -0.4 is 0 Å². The molecule has 1 aromatic carbocycles. The highest BCUT2D eigenvalue weighted by Gasteiger charge is 2.31. The maximum absolute atomic E-state index is 13.2. The summed E-state index contributed by atoms with van der Waals surface area (Å²) in [5.74, 6) is 0.768. The van der Waals surface area contributed by atoms with Gasteiger partial charge in [-0.05, 0) is 43.5 Å². The maximum atomic E-state index is 13.2. The lowest BCUT2D eigenvalue weighted by Crippen LogP contribution is -2.38. The van der Waals surface area contributed by atoms with E-state index in [0.717, 1.165) is 42.1 Å². The van der Waals surface area contributed by atoms with Crippen LogP contribution in [0.4, 0.5) is 0 Å². The van der Waals surface area contributed by atoms with Crippen molar-refractivity contribution in [2.45, 2.75) is 25.3 Å². The summed E-state index contributed by atoms with van der Waals surface area (Å²) in [4.78, 5) is 28.5. The molecule has 7 heteroatoms.